The Labute approximate surface area is 130 Å². The molecular formula is C16H23NO5. The molecule has 22 heavy (non-hydrogen) atoms. The Kier molecular flexibility index (Phi) is 6.22. The highest BCUT2D eigenvalue weighted by Gasteiger charge is 2.25. The number of benzene rings is 1. The van der Waals surface area contributed by atoms with Crippen molar-refractivity contribution in [1.82, 2.24) is 5.32 Å². The Morgan fingerprint density at radius 2 is 1.73 bits per heavy atom. The minimum Gasteiger partial charge on any atom is -0.497 e. The van der Waals surface area contributed by atoms with Crippen LogP contribution >= 0.6 is 0 Å². The van der Waals surface area contributed by atoms with E-state index in [0.29, 0.717) is 6.42 Å². The standard InChI is InChI=1S/C16H23NO5/c1-16(2,3)22-15(19)17-13(14(18)21-5)10-11-6-8-12(20-4)9-7-11/h6-9,13H,10H2,1-5H3,(H,17,19)/t13-/m1/s1. The molecular weight excluding hydrogens is 286 g/mol. The van der Waals surface area contributed by atoms with Crippen LogP contribution in [-0.2, 0) is 20.7 Å². The van der Waals surface area contributed by atoms with Crippen LogP contribution in [0.4, 0.5) is 4.79 Å². The topological polar surface area (TPSA) is 73.9 Å². The molecule has 1 aromatic carbocycles. The summed E-state index contributed by atoms with van der Waals surface area (Å²) in [6.07, 6.45) is -0.355. The van der Waals surface area contributed by atoms with Crippen LogP contribution in [0.15, 0.2) is 24.3 Å². The van der Waals surface area contributed by atoms with Crippen LogP contribution in [-0.4, -0.2) is 37.9 Å². The van der Waals surface area contributed by atoms with Crippen molar-refractivity contribution in [2.45, 2.75) is 38.8 Å². The van der Waals surface area contributed by atoms with Gasteiger partial charge in [-0.25, -0.2) is 9.59 Å². The Morgan fingerprint density at radius 3 is 2.18 bits per heavy atom. The largest absolute Gasteiger partial charge is 0.497 e. The van der Waals surface area contributed by atoms with E-state index in [1.165, 1.54) is 7.11 Å². The van der Waals surface area contributed by atoms with E-state index in [0.717, 1.165) is 11.3 Å². The van der Waals surface area contributed by atoms with Crippen LogP contribution in [0.3, 0.4) is 0 Å². The zero-order valence-electron chi connectivity index (χ0n) is 13.6. The molecule has 6 nitrogen and oxygen atoms in total. The highest BCUT2D eigenvalue weighted by molar-refractivity contribution is 5.81. The fourth-order valence-electron chi connectivity index (χ4n) is 1.78. The second-order valence-corrected chi connectivity index (χ2v) is 5.77. The number of hydrogen-bond acceptors (Lipinski definition) is 5. The molecule has 0 saturated carbocycles. The molecule has 0 radical (unpaired) electrons. The van der Waals surface area contributed by atoms with Gasteiger partial charge in [-0.1, -0.05) is 12.1 Å². The summed E-state index contributed by atoms with van der Waals surface area (Å²) in [6, 6.07) is 6.42. The number of carbonyl (C=O) groups excluding carboxylic acids is 2. The molecule has 122 valence electrons. The molecule has 0 aliphatic carbocycles. The molecule has 1 aromatic rings. The monoisotopic (exact) mass is 309 g/mol. The molecule has 1 N–H and O–H groups in total. The number of nitrogens with one attached hydrogen (secondary N) is 1. The fraction of sp³-hybridized carbons (Fsp3) is 0.500. The minimum atomic E-state index is -0.812. The second kappa shape index (κ2) is 7.68. The van der Waals surface area contributed by atoms with E-state index in [1.807, 2.05) is 12.1 Å². The van der Waals surface area contributed by atoms with Crippen molar-refractivity contribution < 1.29 is 23.8 Å². The van der Waals surface area contributed by atoms with Crippen molar-refractivity contribution in [2.24, 2.45) is 0 Å². The molecule has 0 aliphatic heterocycles. The average Bonchev–Trinajstić information content (AvgIpc) is 2.44. The summed E-state index contributed by atoms with van der Waals surface area (Å²) >= 11 is 0. The molecule has 0 aromatic heterocycles. The first kappa shape index (κ1) is 17.8. The minimum absolute atomic E-state index is 0.301. The predicted molar refractivity (Wildman–Crippen MR) is 81.9 cm³/mol. The van der Waals surface area contributed by atoms with Crippen LogP contribution < -0.4 is 10.1 Å². The highest BCUT2D eigenvalue weighted by atomic mass is 16.6. The van der Waals surface area contributed by atoms with Gasteiger partial charge in [0.05, 0.1) is 14.2 Å². The van der Waals surface area contributed by atoms with Gasteiger partial charge in [0, 0.05) is 6.42 Å². The van der Waals surface area contributed by atoms with Gasteiger partial charge in [0.25, 0.3) is 0 Å². The number of esters is 1. The molecule has 0 saturated heterocycles. The van der Waals surface area contributed by atoms with E-state index in [-0.39, 0.29) is 0 Å². The van der Waals surface area contributed by atoms with Gasteiger partial charge in [-0.3, -0.25) is 0 Å². The number of ether oxygens (including phenoxy) is 3. The summed E-state index contributed by atoms with van der Waals surface area (Å²) in [5.41, 5.74) is 0.234. The third-order valence-electron chi connectivity index (χ3n) is 2.78. The van der Waals surface area contributed by atoms with E-state index in [9.17, 15) is 9.59 Å². The third kappa shape index (κ3) is 6.03. The maximum Gasteiger partial charge on any atom is 0.408 e. The molecule has 0 aliphatic rings. The first-order chi connectivity index (χ1) is 10.2. The zero-order chi connectivity index (χ0) is 16.8. The van der Waals surface area contributed by atoms with Crippen LogP contribution in [0.5, 0.6) is 5.75 Å². The lowest BCUT2D eigenvalue weighted by Gasteiger charge is -2.22. The fourth-order valence-corrected chi connectivity index (χ4v) is 1.78. The molecule has 6 heteroatoms. The number of hydrogen-bond donors (Lipinski definition) is 1. The lowest BCUT2D eigenvalue weighted by Crippen LogP contribution is -2.45. The van der Waals surface area contributed by atoms with Crippen LogP contribution in [0, 0.1) is 0 Å². The van der Waals surface area contributed by atoms with Gasteiger partial charge in [0.2, 0.25) is 0 Å². The molecule has 0 fully saturated rings. The Bertz CT molecular complexity index is 504. The Morgan fingerprint density at radius 1 is 1.14 bits per heavy atom. The van der Waals surface area contributed by atoms with E-state index in [2.05, 4.69) is 5.32 Å². The molecule has 0 heterocycles. The van der Waals surface area contributed by atoms with E-state index >= 15 is 0 Å². The van der Waals surface area contributed by atoms with Crippen LogP contribution in [0.1, 0.15) is 26.3 Å². The van der Waals surface area contributed by atoms with Gasteiger partial charge in [-0.05, 0) is 38.5 Å². The maximum atomic E-state index is 11.8. The molecule has 1 amide bonds. The summed E-state index contributed by atoms with van der Waals surface area (Å²) in [6.45, 7) is 5.26. The predicted octanol–water partition coefficient (Wildman–Crippen LogP) is 2.30. The van der Waals surface area contributed by atoms with Crippen molar-refractivity contribution in [3.63, 3.8) is 0 Å². The summed E-state index contributed by atoms with van der Waals surface area (Å²) in [4.78, 5) is 23.6. The van der Waals surface area contributed by atoms with Gasteiger partial charge in [0.15, 0.2) is 0 Å². The normalized spacial score (nSPS) is 12.2. The smallest absolute Gasteiger partial charge is 0.408 e. The maximum absolute atomic E-state index is 11.8. The van der Waals surface area contributed by atoms with Gasteiger partial charge in [-0.15, -0.1) is 0 Å². The number of alkyl carbamates (subject to hydrolysis) is 1. The molecule has 0 spiro atoms. The first-order valence-electron chi connectivity index (χ1n) is 6.95. The third-order valence-corrected chi connectivity index (χ3v) is 2.78. The number of rotatable bonds is 5. The van der Waals surface area contributed by atoms with E-state index in [1.54, 1.807) is 40.0 Å². The zero-order valence-corrected chi connectivity index (χ0v) is 13.6. The van der Waals surface area contributed by atoms with Gasteiger partial charge >= 0.3 is 12.1 Å². The highest BCUT2D eigenvalue weighted by Crippen LogP contribution is 2.14. The summed E-state index contributed by atoms with van der Waals surface area (Å²) in [7, 11) is 2.86. The second-order valence-electron chi connectivity index (χ2n) is 5.77. The van der Waals surface area contributed by atoms with Gasteiger partial charge in [-0.2, -0.15) is 0 Å². The van der Waals surface area contributed by atoms with Crippen molar-refractivity contribution in [2.75, 3.05) is 14.2 Å². The molecule has 1 atom stereocenters. The lowest BCUT2D eigenvalue weighted by atomic mass is 10.1. The van der Waals surface area contributed by atoms with Gasteiger partial charge < -0.3 is 19.5 Å². The average molecular weight is 309 g/mol. The molecule has 1 rings (SSSR count). The van der Waals surface area contributed by atoms with Gasteiger partial charge in [0.1, 0.15) is 17.4 Å². The number of carbonyl (C=O) groups is 2. The lowest BCUT2D eigenvalue weighted by molar-refractivity contribution is -0.143. The van der Waals surface area contributed by atoms with E-state index in [4.69, 9.17) is 14.2 Å². The quantitative estimate of drug-likeness (QED) is 0.845. The first-order valence-corrected chi connectivity index (χ1v) is 6.95. The Balaban J connectivity index is 2.75. The Hall–Kier alpha value is -2.24. The summed E-state index contributed by atoms with van der Waals surface area (Å²) in [5, 5.41) is 2.53. The number of amides is 1. The van der Waals surface area contributed by atoms with Crippen molar-refractivity contribution >= 4 is 12.1 Å². The molecule has 0 unspecified atom stereocenters. The number of methoxy groups -OCH3 is 2. The summed E-state index contributed by atoms with van der Waals surface area (Å²) in [5.74, 6) is 0.195. The van der Waals surface area contributed by atoms with Crippen molar-refractivity contribution in [3.8, 4) is 5.75 Å². The van der Waals surface area contributed by atoms with Crippen molar-refractivity contribution in [3.05, 3.63) is 29.8 Å². The van der Waals surface area contributed by atoms with Crippen LogP contribution in [0.2, 0.25) is 0 Å². The molecule has 0 bridgehead atoms. The van der Waals surface area contributed by atoms with Crippen LogP contribution in [0.25, 0.3) is 0 Å². The SMILES string of the molecule is COC(=O)[C@@H](Cc1ccc(OC)cc1)NC(=O)OC(C)(C)C. The van der Waals surface area contributed by atoms with Crippen molar-refractivity contribution in [1.29, 1.82) is 0 Å². The van der Waals surface area contributed by atoms with E-state index < -0.39 is 23.7 Å². The summed E-state index contributed by atoms with van der Waals surface area (Å²) < 4.78 is 15.0.